The Morgan fingerprint density at radius 1 is 1.20 bits per heavy atom. The maximum absolute atomic E-state index is 11.8. The van der Waals surface area contributed by atoms with E-state index in [0.717, 1.165) is 19.3 Å². The van der Waals surface area contributed by atoms with Gasteiger partial charge in [0.1, 0.15) is 12.3 Å². The maximum Gasteiger partial charge on any atom is 0.344 e. The van der Waals surface area contributed by atoms with Crippen LogP contribution in [0.4, 0.5) is 0 Å². The number of aryl methyl sites for hydroxylation is 1. The average molecular weight is 418 g/mol. The van der Waals surface area contributed by atoms with Crippen molar-refractivity contribution in [3.05, 3.63) is 29.1 Å². The number of carbonyl (C=O) groups excluding carboxylic acids is 1. The van der Waals surface area contributed by atoms with E-state index < -0.39 is 11.3 Å². The molecule has 0 amide bonds. The number of nitrogens with one attached hydrogen (secondary N) is 1. The third kappa shape index (κ3) is 6.84. The van der Waals surface area contributed by atoms with Gasteiger partial charge in [-0.1, -0.05) is 5.21 Å². The molecule has 1 aliphatic carbocycles. The average Bonchev–Trinajstić information content (AvgIpc) is 3.43. The third-order valence-electron chi connectivity index (χ3n) is 5.28. The first-order valence-electron chi connectivity index (χ1n) is 10.4. The SMILES string of the molecule is CC(C)(CCn1cc(-c2cnc(=O)[nH]c2)nn1)OCCC(C)(C)OCC(=O)C1CC1. The molecular formula is C21H31N5O4. The van der Waals surface area contributed by atoms with Gasteiger partial charge in [0.25, 0.3) is 0 Å². The van der Waals surface area contributed by atoms with Crippen molar-refractivity contribution in [2.75, 3.05) is 13.2 Å². The molecule has 0 saturated heterocycles. The fraction of sp³-hybridized carbons (Fsp3) is 0.667. The monoisotopic (exact) mass is 417 g/mol. The van der Waals surface area contributed by atoms with E-state index in [-0.39, 0.29) is 23.9 Å². The minimum absolute atomic E-state index is 0.195. The van der Waals surface area contributed by atoms with Gasteiger partial charge in [-0.25, -0.2) is 9.78 Å². The van der Waals surface area contributed by atoms with Gasteiger partial charge in [0.15, 0.2) is 5.78 Å². The van der Waals surface area contributed by atoms with Crippen LogP contribution >= 0.6 is 0 Å². The highest BCUT2D eigenvalue weighted by Crippen LogP contribution is 2.30. The second-order valence-corrected chi connectivity index (χ2v) is 9.07. The highest BCUT2D eigenvalue weighted by atomic mass is 16.5. The quantitative estimate of drug-likeness (QED) is 0.564. The molecule has 30 heavy (non-hydrogen) atoms. The summed E-state index contributed by atoms with van der Waals surface area (Å²) >= 11 is 0. The van der Waals surface area contributed by atoms with Crippen molar-refractivity contribution < 1.29 is 14.3 Å². The van der Waals surface area contributed by atoms with Gasteiger partial charge in [0.05, 0.1) is 24.0 Å². The highest BCUT2D eigenvalue weighted by Gasteiger charge is 2.31. The van der Waals surface area contributed by atoms with E-state index in [1.165, 1.54) is 6.20 Å². The summed E-state index contributed by atoms with van der Waals surface area (Å²) in [5, 5.41) is 8.27. The van der Waals surface area contributed by atoms with Crippen LogP contribution in [-0.2, 0) is 20.8 Å². The summed E-state index contributed by atoms with van der Waals surface area (Å²) in [4.78, 5) is 29.1. The Morgan fingerprint density at radius 3 is 2.60 bits per heavy atom. The number of aromatic amines is 1. The summed E-state index contributed by atoms with van der Waals surface area (Å²) in [7, 11) is 0. The Bertz CT molecular complexity index is 894. The molecule has 0 bridgehead atoms. The zero-order valence-corrected chi connectivity index (χ0v) is 18.2. The highest BCUT2D eigenvalue weighted by molar-refractivity contribution is 5.84. The lowest BCUT2D eigenvalue weighted by Gasteiger charge is -2.29. The zero-order valence-electron chi connectivity index (χ0n) is 18.2. The number of hydrogen-bond donors (Lipinski definition) is 1. The summed E-state index contributed by atoms with van der Waals surface area (Å²) in [6.45, 7) is 9.46. The second-order valence-electron chi connectivity index (χ2n) is 9.07. The number of ether oxygens (including phenoxy) is 2. The first-order valence-corrected chi connectivity index (χ1v) is 10.4. The number of rotatable bonds is 12. The molecular weight excluding hydrogens is 386 g/mol. The van der Waals surface area contributed by atoms with Gasteiger partial charge in [0, 0.05) is 30.4 Å². The van der Waals surface area contributed by atoms with E-state index >= 15 is 0 Å². The molecule has 0 radical (unpaired) electrons. The van der Waals surface area contributed by atoms with Crippen molar-refractivity contribution in [3.8, 4) is 11.3 Å². The van der Waals surface area contributed by atoms with Crippen molar-refractivity contribution in [2.24, 2.45) is 5.92 Å². The number of aromatic nitrogens is 5. The summed E-state index contributed by atoms with van der Waals surface area (Å²) < 4.78 is 13.6. The first-order chi connectivity index (χ1) is 14.1. The number of carbonyl (C=O) groups is 1. The maximum atomic E-state index is 11.8. The van der Waals surface area contributed by atoms with E-state index in [1.807, 2.05) is 33.9 Å². The van der Waals surface area contributed by atoms with Crippen LogP contribution in [0.1, 0.15) is 53.4 Å². The Hall–Kier alpha value is -2.39. The number of hydrogen-bond acceptors (Lipinski definition) is 7. The molecule has 9 heteroatoms. The van der Waals surface area contributed by atoms with Crippen molar-refractivity contribution in [1.82, 2.24) is 25.0 Å². The molecule has 1 fully saturated rings. The predicted octanol–water partition coefficient (Wildman–Crippen LogP) is 2.38. The fourth-order valence-electron chi connectivity index (χ4n) is 2.91. The Morgan fingerprint density at radius 2 is 1.93 bits per heavy atom. The lowest BCUT2D eigenvalue weighted by Crippen LogP contribution is -2.33. The molecule has 0 atom stereocenters. The topological polar surface area (TPSA) is 112 Å². The molecule has 2 aromatic rings. The number of H-pyrrole nitrogens is 1. The largest absolute Gasteiger partial charge is 0.375 e. The van der Waals surface area contributed by atoms with Crippen LogP contribution in [0.5, 0.6) is 0 Å². The first kappa shape index (κ1) is 22.3. The number of Topliss-reactive ketones (excluding diaryl/α,β-unsaturated/α-hetero) is 1. The van der Waals surface area contributed by atoms with Gasteiger partial charge >= 0.3 is 5.69 Å². The Kier molecular flexibility index (Phi) is 6.82. The van der Waals surface area contributed by atoms with Crippen LogP contribution in [-0.4, -0.2) is 55.2 Å². The van der Waals surface area contributed by atoms with Gasteiger partial charge in [-0.15, -0.1) is 5.10 Å². The van der Waals surface area contributed by atoms with E-state index in [9.17, 15) is 9.59 Å². The van der Waals surface area contributed by atoms with Gasteiger partial charge in [-0.05, 0) is 53.4 Å². The molecule has 1 saturated carbocycles. The molecule has 0 spiro atoms. The van der Waals surface area contributed by atoms with Gasteiger partial charge in [-0.2, -0.15) is 0 Å². The number of ketones is 1. The predicted molar refractivity (Wildman–Crippen MR) is 111 cm³/mol. The minimum Gasteiger partial charge on any atom is -0.375 e. The van der Waals surface area contributed by atoms with Crippen molar-refractivity contribution >= 4 is 5.78 Å². The van der Waals surface area contributed by atoms with Crippen molar-refractivity contribution in [3.63, 3.8) is 0 Å². The number of nitrogens with zero attached hydrogens (tertiary/aromatic N) is 4. The summed E-state index contributed by atoms with van der Waals surface area (Å²) in [6, 6.07) is 0. The molecule has 1 aliphatic rings. The van der Waals surface area contributed by atoms with Crippen LogP contribution in [0.15, 0.2) is 23.4 Å². The molecule has 0 unspecified atom stereocenters. The van der Waals surface area contributed by atoms with E-state index in [1.54, 1.807) is 10.9 Å². The van der Waals surface area contributed by atoms with E-state index in [0.29, 0.717) is 30.8 Å². The van der Waals surface area contributed by atoms with Crippen molar-refractivity contribution in [2.45, 2.75) is 71.1 Å². The second kappa shape index (κ2) is 9.18. The molecule has 2 aromatic heterocycles. The minimum atomic E-state index is -0.397. The summed E-state index contributed by atoms with van der Waals surface area (Å²) in [5.41, 5.74) is 0.224. The van der Waals surface area contributed by atoms with Crippen LogP contribution in [0, 0.1) is 5.92 Å². The Balaban J connectivity index is 1.41. The fourth-order valence-corrected chi connectivity index (χ4v) is 2.91. The van der Waals surface area contributed by atoms with Gasteiger partial charge in [-0.3, -0.25) is 9.48 Å². The van der Waals surface area contributed by atoms with Crippen LogP contribution in [0.25, 0.3) is 11.3 Å². The summed E-state index contributed by atoms with van der Waals surface area (Å²) in [5.74, 6) is 0.447. The molecule has 3 rings (SSSR count). The van der Waals surface area contributed by atoms with Crippen LogP contribution in [0.2, 0.25) is 0 Å². The van der Waals surface area contributed by atoms with Crippen molar-refractivity contribution in [1.29, 1.82) is 0 Å². The molecule has 9 nitrogen and oxygen atoms in total. The standard InChI is InChI=1S/C21H31N5O4/c1-20(2,29-10-8-21(3,4)30-14-18(27)15-5-6-15)7-9-26-13-17(24-25-26)16-11-22-19(28)23-12-16/h11-13,15H,5-10,14H2,1-4H3,(H,22,23,28). The van der Waals surface area contributed by atoms with Crippen LogP contribution in [0.3, 0.4) is 0 Å². The smallest absolute Gasteiger partial charge is 0.344 e. The molecule has 0 aromatic carbocycles. The van der Waals surface area contributed by atoms with Crippen LogP contribution < -0.4 is 5.69 Å². The Labute approximate surface area is 176 Å². The molecule has 1 N–H and O–H groups in total. The van der Waals surface area contributed by atoms with E-state index in [2.05, 4.69) is 20.3 Å². The molecule has 0 aliphatic heterocycles. The van der Waals surface area contributed by atoms with E-state index in [4.69, 9.17) is 9.47 Å². The van der Waals surface area contributed by atoms with Gasteiger partial charge < -0.3 is 14.5 Å². The molecule has 164 valence electrons. The zero-order chi connectivity index (χ0) is 21.8. The lowest BCUT2D eigenvalue weighted by molar-refractivity contribution is -0.133. The summed E-state index contributed by atoms with van der Waals surface area (Å²) in [6.07, 6.45) is 8.34. The van der Waals surface area contributed by atoms with Gasteiger partial charge in [0.2, 0.25) is 0 Å². The lowest BCUT2D eigenvalue weighted by atomic mass is 10.0. The molecule has 2 heterocycles. The normalized spacial score (nSPS) is 14.8. The third-order valence-corrected chi connectivity index (χ3v) is 5.28.